The third kappa shape index (κ3) is 2.98. The SMILES string of the molecule is Cc1cc(C)c2[nH]c(=O)c(C=NCc3ccccc3)cc2c1. The summed E-state index contributed by atoms with van der Waals surface area (Å²) in [5, 5.41) is 1.04. The molecule has 0 radical (unpaired) electrons. The summed E-state index contributed by atoms with van der Waals surface area (Å²) < 4.78 is 0. The van der Waals surface area contributed by atoms with Crippen LogP contribution in [0, 0.1) is 13.8 Å². The normalized spacial score (nSPS) is 11.4. The number of fused-ring (bicyclic) bond motifs is 1. The second kappa shape index (κ2) is 5.98. The summed E-state index contributed by atoms with van der Waals surface area (Å²) in [4.78, 5) is 19.5. The van der Waals surface area contributed by atoms with Gasteiger partial charge in [-0.15, -0.1) is 0 Å². The minimum atomic E-state index is -0.101. The average Bonchev–Trinajstić information content (AvgIpc) is 2.50. The van der Waals surface area contributed by atoms with E-state index in [-0.39, 0.29) is 5.56 Å². The van der Waals surface area contributed by atoms with Crippen LogP contribution < -0.4 is 5.56 Å². The van der Waals surface area contributed by atoms with Crippen molar-refractivity contribution in [1.29, 1.82) is 0 Å². The van der Waals surface area contributed by atoms with E-state index in [0.717, 1.165) is 22.0 Å². The third-order valence-corrected chi connectivity index (χ3v) is 3.67. The van der Waals surface area contributed by atoms with Gasteiger partial charge in [-0.25, -0.2) is 0 Å². The Balaban J connectivity index is 1.94. The van der Waals surface area contributed by atoms with Gasteiger partial charge >= 0.3 is 0 Å². The van der Waals surface area contributed by atoms with Gasteiger partial charge in [-0.1, -0.05) is 42.0 Å². The zero-order valence-electron chi connectivity index (χ0n) is 12.8. The molecule has 1 aromatic heterocycles. The molecule has 2 aromatic carbocycles. The first kappa shape index (κ1) is 14.3. The van der Waals surface area contributed by atoms with E-state index in [1.54, 1.807) is 6.21 Å². The number of aromatic amines is 1. The molecule has 0 saturated heterocycles. The number of hydrogen-bond donors (Lipinski definition) is 1. The molecule has 0 aliphatic carbocycles. The highest BCUT2D eigenvalue weighted by Gasteiger charge is 2.04. The topological polar surface area (TPSA) is 45.2 Å². The van der Waals surface area contributed by atoms with Crippen molar-refractivity contribution in [2.24, 2.45) is 4.99 Å². The van der Waals surface area contributed by atoms with Crippen molar-refractivity contribution in [2.75, 3.05) is 0 Å². The standard InChI is InChI=1S/C19H18N2O/c1-13-8-14(2)18-16(9-13)10-17(19(22)21-18)12-20-11-15-6-4-3-5-7-15/h3-10,12H,11H2,1-2H3,(H,21,22). The number of aromatic nitrogens is 1. The van der Waals surface area contributed by atoms with E-state index in [1.165, 1.54) is 5.56 Å². The maximum absolute atomic E-state index is 12.2. The number of nitrogens with zero attached hydrogens (tertiary/aromatic N) is 1. The van der Waals surface area contributed by atoms with Crippen molar-refractivity contribution in [3.8, 4) is 0 Å². The van der Waals surface area contributed by atoms with E-state index >= 15 is 0 Å². The lowest BCUT2D eigenvalue weighted by atomic mass is 10.1. The Hall–Kier alpha value is -2.68. The van der Waals surface area contributed by atoms with Crippen molar-refractivity contribution in [2.45, 2.75) is 20.4 Å². The molecule has 0 bridgehead atoms. The van der Waals surface area contributed by atoms with Crippen LogP contribution in [0.2, 0.25) is 0 Å². The summed E-state index contributed by atoms with van der Waals surface area (Å²) in [6.45, 7) is 4.64. The molecule has 1 heterocycles. The Morgan fingerprint density at radius 1 is 1.09 bits per heavy atom. The molecule has 0 unspecified atom stereocenters. The number of aryl methyl sites for hydroxylation is 2. The molecule has 3 heteroatoms. The van der Waals surface area contributed by atoms with Gasteiger partial charge < -0.3 is 4.98 Å². The number of pyridine rings is 1. The van der Waals surface area contributed by atoms with Crippen LogP contribution in [-0.2, 0) is 6.54 Å². The van der Waals surface area contributed by atoms with Gasteiger partial charge in [0.25, 0.3) is 5.56 Å². The van der Waals surface area contributed by atoms with E-state index in [1.807, 2.05) is 43.3 Å². The minimum absolute atomic E-state index is 0.101. The van der Waals surface area contributed by atoms with Gasteiger partial charge in [0.15, 0.2) is 0 Å². The average molecular weight is 290 g/mol. The van der Waals surface area contributed by atoms with Crippen LogP contribution in [0.1, 0.15) is 22.3 Å². The van der Waals surface area contributed by atoms with Gasteiger partial charge in [0.05, 0.1) is 17.6 Å². The van der Waals surface area contributed by atoms with E-state index in [2.05, 4.69) is 29.0 Å². The summed E-state index contributed by atoms with van der Waals surface area (Å²) in [6, 6.07) is 16.0. The molecule has 0 saturated carbocycles. The van der Waals surface area contributed by atoms with Crippen molar-refractivity contribution in [1.82, 2.24) is 4.98 Å². The van der Waals surface area contributed by atoms with E-state index in [9.17, 15) is 4.79 Å². The highest BCUT2D eigenvalue weighted by atomic mass is 16.1. The molecule has 3 aromatic rings. The van der Waals surface area contributed by atoms with Crippen LogP contribution in [-0.4, -0.2) is 11.2 Å². The monoisotopic (exact) mass is 290 g/mol. The summed E-state index contributed by atoms with van der Waals surface area (Å²) in [5.74, 6) is 0. The molecule has 0 atom stereocenters. The molecule has 0 aliphatic rings. The Bertz CT molecular complexity index is 892. The number of hydrogen-bond acceptors (Lipinski definition) is 2. The highest BCUT2D eigenvalue weighted by molar-refractivity contribution is 5.89. The molecule has 110 valence electrons. The fourth-order valence-electron chi connectivity index (χ4n) is 2.63. The van der Waals surface area contributed by atoms with Gasteiger partial charge in [-0.05, 0) is 42.5 Å². The van der Waals surface area contributed by atoms with Crippen molar-refractivity contribution in [3.63, 3.8) is 0 Å². The fraction of sp³-hybridized carbons (Fsp3) is 0.158. The lowest BCUT2D eigenvalue weighted by Gasteiger charge is -2.05. The predicted molar refractivity (Wildman–Crippen MR) is 91.8 cm³/mol. The van der Waals surface area contributed by atoms with Gasteiger partial charge in [0.2, 0.25) is 0 Å². The maximum Gasteiger partial charge on any atom is 0.257 e. The molecule has 0 spiro atoms. The number of benzene rings is 2. The molecule has 0 aliphatic heterocycles. The number of aliphatic imine (C=N–C) groups is 1. The van der Waals surface area contributed by atoms with Crippen molar-refractivity contribution in [3.05, 3.63) is 81.1 Å². The molecule has 1 N–H and O–H groups in total. The largest absolute Gasteiger partial charge is 0.321 e. The lowest BCUT2D eigenvalue weighted by Crippen LogP contribution is -2.12. The number of H-pyrrole nitrogens is 1. The zero-order chi connectivity index (χ0) is 15.5. The Morgan fingerprint density at radius 3 is 2.64 bits per heavy atom. The first-order valence-corrected chi connectivity index (χ1v) is 7.31. The van der Waals surface area contributed by atoms with E-state index in [4.69, 9.17) is 0 Å². The smallest absolute Gasteiger partial charge is 0.257 e. The molecular formula is C19H18N2O. The van der Waals surface area contributed by atoms with Gasteiger partial charge in [0, 0.05) is 6.21 Å². The minimum Gasteiger partial charge on any atom is -0.321 e. The summed E-state index contributed by atoms with van der Waals surface area (Å²) in [5.41, 5.74) is 4.78. The quantitative estimate of drug-likeness (QED) is 0.733. The fourth-order valence-corrected chi connectivity index (χ4v) is 2.63. The zero-order valence-corrected chi connectivity index (χ0v) is 12.8. The Morgan fingerprint density at radius 2 is 1.86 bits per heavy atom. The second-order valence-corrected chi connectivity index (χ2v) is 5.56. The molecular weight excluding hydrogens is 272 g/mol. The van der Waals surface area contributed by atoms with Crippen LogP contribution in [0.25, 0.3) is 10.9 Å². The van der Waals surface area contributed by atoms with Crippen LogP contribution in [0.5, 0.6) is 0 Å². The van der Waals surface area contributed by atoms with Gasteiger partial charge in [-0.2, -0.15) is 0 Å². The van der Waals surface area contributed by atoms with Crippen LogP contribution in [0.3, 0.4) is 0 Å². The Labute approximate surface area is 129 Å². The predicted octanol–water partition coefficient (Wildman–Crippen LogP) is 3.76. The third-order valence-electron chi connectivity index (χ3n) is 3.67. The molecule has 0 amide bonds. The summed E-state index contributed by atoms with van der Waals surface area (Å²) >= 11 is 0. The van der Waals surface area contributed by atoms with E-state index < -0.39 is 0 Å². The van der Waals surface area contributed by atoms with Crippen LogP contribution in [0.4, 0.5) is 0 Å². The molecule has 22 heavy (non-hydrogen) atoms. The van der Waals surface area contributed by atoms with Crippen LogP contribution in [0.15, 0.2) is 58.3 Å². The second-order valence-electron chi connectivity index (χ2n) is 5.56. The molecule has 3 nitrogen and oxygen atoms in total. The first-order chi connectivity index (χ1) is 10.6. The van der Waals surface area contributed by atoms with Gasteiger partial charge in [-0.3, -0.25) is 9.79 Å². The molecule has 3 rings (SSSR count). The van der Waals surface area contributed by atoms with Crippen LogP contribution >= 0.6 is 0 Å². The van der Waals surface area contributed by atoms with Gasteiger partial charge in [0.1, 0.15) is 0 Å². The molecule has 0 fully saturated rings. The van der Waals surface area contributed by atoms with Crippen molar-refractivity contribution >= 4 is 17.1 Å². The first-order valence-electron chi connectivity index (χ1n) is 7.31. The Kier molecular flexibility index (Phi) is 3.88. The number of rotatable bonds is 3. The lowest BCUT2D eigenvalue weighted by molar-refractivity contribution is 1.08. The number of nitrogens with one attached hydrogen (secondary N) is 1. The highest BCUT2D eigenvalue weighted by Crippen LogP contribution is 2.17. The van der Waals surface area contributed by atoms with Crippen molar-refractivity contribution < 1.29 is 0 Å². The van der Waals surface area contributed by atoms with E-state index in [0.29, 0.717) is 12.1 Å². The maximum atomic E-state index is 12.2. The summed E-state index contributed by atoms with van der Waals surface area (Å²) in [7, 11) is 0. The summed E-state index contributed by atoms with van der Waals surface area (Å²) in [6.07, 6.45) is 1.66.